The molecule has 0 saturated heterocycles. The van der Waals surface area contributed by atoms with Crippen LogP contribution in [0.3, 0.4) is 0 Å². The van der Waals surface area contributed by atoms with E-state index in [1.807, 2.05) is 0 Å². The molecule has 3 heteroatoms. The van der Waals surface area contributed by atoms with Gasteiger partial charge in [-0.15, -0.1) is 0 Å². The first kappa shape index (κ1) is 25.3. The van der Waals surface area contributed by atoms with Gasteiger partial charge in [0.1, 0.15) is 0 Å². The highest BCUT2D eigenvalue weighted by Crippen LogP contribution is 2.67. The molecule has 0 heterocycles. The number of ether oxygens (including phenoxy) is 1. The zero-order valence-electron chi connectivity index (χ0n) is 21.9. The van der Waals surface area contributed by atoms with Crippen LogP contribution in [0.25, 0.3) is 0 Å². The second-order valence-corrected chi connectivity index (χ2v) is 12.7. The van der Waals surface area contributed by atoms with E-state index >= 15 is 0 Å². The maximum absolute atomic E-state index is 12.3. The first-order valence-corrected chi connectivity index (χ1v) is 14.3. The maximum Gasteiger partial charge on any atom is 0.305 e. The lowest BCUT2D eigenvalue weighted by atomic mass is 9.47. The third-order valence-electron chi connectivity index (χ3n) is 10.9. The molecule has 4 aliphatic carbocycles. The minimum atomic E-state index is -0.116. The molecule has 0 aliphatic heterocycles. The highest BCUT2D eigenvalue weighted by molar-refractivity contribution is 5.69. The SMILES string of the molecule is CCCCCCOC(=O)CC[C@@H](C)[C@H]1CC[C@H]2[C@@H]3CC=C4C[C@@H](O)CC[C@]4(C)[C@H]3CC[C@]12C. The highest BCUT2D eigenvalue weighted by Gasteiger charge is 2.59. The van der Waals surface area contributed by atoms with Crippen LogP contribution < -0.4 is 0 Å². The van der Waals surface area contributed by atoms with Crippen molar-refractivity contribution in [3.05, 3.63) is 11.6 Å². The summed E-state index contributed by atoms with van der Waals surface area (Å²) in [6.07, 6.45) is 18.3. The molecule has 3 saturated carbocycles. The summed E-state index contributed by atoms with van der Waals surface area (Å²) in [4.78, 5) is 12.3. The van der Waals surface area contributed by atoms with E-state index in [-0.39, 0.29) is 12.1 Å². The Balaban J connectivity index is 1.33. The largest absolute Gasteiger partial charge is 0.466 e. The Morgan fingerprint density at radius 3 is 2.73 bits per heavy atom. The predicted octanol–water partition coefficient (Wildman–Crippen LogP) is 7.47. The van der Waals surface area contributed by atoms with E-state index in [1.54, 1.807) is 5.57 Å². The van der Waals surface area contributed by atoms with Gasteiger partial charge < -0.3 is 9.84 Å². The summed E-state index contributed by atoms with van der Waals surface area (Å²) in [7, 11) is 0. The molecule has 0 bridgehead atoms. The van der Waals surface area contributed by atoms with Crippen molar-refractivity contribution < 1.29 is 14.6 Å². The number of allylic oxidation sites excluding steroid dienone is 1. The number of carbonyl (C=O) groups excluding carboxylic acids is 1. The lowest BCUT2D eigenvalue weighted by molar-refractivity contribution is -0.144. The van der Waals surface area contributed by atoms with Crippen molar-refractivity contribution in [2.75, 3.05) is 6.61 Å². The molecule has 0 aromatic heterocycles. The maximum atomic E-state index is 12.3. The average molecular weight is 459 g/mol. The summed E-state index contributed by atoms with van der Waals surface area (Å²) in [6, 6.07) is 0. The fourth-order valence-corrected chi connectivity index (χ4v) is 8.95. The first-order valence-electron chi connectivity index (χ1n) is 14.3. The Bertz CT molecular complexity index is 713. The molecule has 1 N–H and O–H groups in total. The Hall–Kier alpha value is -0.830. The molecular weight excluding hydrogens is 408 g/mol. The molecule has 4 aliphatic rings. The molecule has 0 amide bonds. The smallest absolute Gasteiger partial charge is 0.305 e. The van der Waals surface area contributed by atoms with Gasteiger partial charge in [0.25, 0.3) is 0 Å². The molecule has 3 fully saturated rings. The summed E-state index contributed by atoms with van der Waals surface area (Å²) in [5.74, 6) is 3.80. The topological polar surface area (TPSA) is 46.5 Å². The van der Waals surface area contributed by atoms with Crippen LogP contribution >= 0.6 is 0 Å². The van der Waals surface area contributed by atoms with Gasteiger partial charge in [-0.3, -0.25) is 4.79 Å². The predicted molar refractivity (Wildman–Crippen MR) is 135 cm³/mol. The normalized spacial score (nSPS) is 40.9. The quantitative estimate of drug-likeness (QED) is 0.221. The van der Waals surface area contributed by atoms with E-state index in [2.05, 4.69) is 33.8 Å². The van der Waals surface area contributed by atoms with Crippen LogP contribution in [0.15, 0.2) is 11.6 Å². The van der Waals surface area contributed by atoms with Crippen molar-refractivity contribution in [2.24, 2.45) is 40.4 Å². The van der Waals surface area contributed by atoms with Gasteiger partial charge in [0.05, 0.1) is 12.7 Å². The number of rotatable bonds is 9. The lowest BCUT2D eigenvalue weighted by Crippen LogP contribution is -2.50. The summed E-state index contributed by atoms with van der Waals surface area (Å²) in [6.45, 7) is 10.3. The Morgan fingerprint density at radius 2 is 1.94 bits per heavy atom. The molecule has 0 aromatic carbocycles. The fourth-order valence-electron chi connectivity index (χ4n) is 8.95. The average Bonchev–Trinajstić information content (AvgIpc) is 3.15. The van der Waals surface area contributed by atoms with E-state index in [9.17, 15) is 9.90 Å². The van der Waals surface area contributed by atoms with Gasteiger partial charge in [0.15, 0.2) is 0 Å². The number of aliphatic hydroxyl groups excluding tert-OH is 1. The summed E-state index contributed by atoms with van der Waals surface area (Å²) in [5.41, 5.74) is 2.33. The molecule has 33 heavy (non-hydrogen) atoms. The number of esters is 1. The van der Waals surface area contributed by atoms with E-state index in [0.717, 1.165) is 49.4 Å². The molecule has 188 valence electrons. The zero-order chi connectivity index (χ0) is 23.6. The van der Waals surface area contributed by atoms with Gasteiger partial charge in [-0.25, -0.2) is 0 Å². The van der Waals surface area contributed by atoms with Gasteiger partial charge in [-0.1, -0.05) is 58.6 Å². The number of fused-ring (bicyclic) bond motifs is 5. The number of unbranched alkanes of at least 4 members (excludes halogenated alkanes) is 3. The van der Waals surface area contributed by atoms with Gasteiger partial charge in [-0.2, -0.15) is 0 Å². The van der Waals surface area contributed by atoms with Crippen LogP contribution in [0.5, 0.6) is 0 Å². The molecule has 3 nitrogen and oxygen atoms in total. The Morgan fingerprint density at radius 1 is 1.12 bits per heavy atom. The zero-order valence-corrected chi connectivity index (χ0v) is 21.9. The van der Waals surface area contributed by atoms with Crippen LogP contribution in [0.2, 0.25) is 0 Å². The number of carbonyl (C=O) groups is 1. The van der Waals surface area contributed by atoms with Crippen molar-refractivity contribution in [3.63, 3.8) is 0 Å². The molecule has 0 radical (unpaired) electrons. The third kappa shape index (κ3) is 4.95. The van der Waals surface area contributed by atoms with Crippen LogP contribution in [0.4, 0.5) is 0 Å². The van der Waals surface area contributed by atoms with Gasteiger partial charge in [-0.05, 0) is 105 Å². The van der Waals surface area contributed by atoms with E-state index in [0.29, 0.717) is 29.8 Å². The number of aliphatic hydroxyl groups is 1. The van der Waals surface area contributed by atoms with Crippen molar-refractivity contribution >= 4 is 5.97 Å². The van der Waals surface area contributed by atoms with Crippen molar-refractivity contribution in [2.45, 2.75) is 124 Å². The molecule has 8 atom stereocenters. The molecule has 0 unspecified atom stereocenters. The van der Waals surface area contributed by atoms with Crippen LogP contribution in [0.1, 0.15) is 118 Å². The monoisotopic (exact) mass is 458 g/mol. The van der Waals surface area contributed by atoms with Crippen LogP contribution in [-0.2, 0) is 9.53 Å². The fraction of sp³-hybridized carbons (Fsp3) is 0.900. The molecule has 4 rings (SSSR count). The second kappa shape index (κ2) is 10.4. The van der Waals surface area contributed by atoms with E-state index < -0.39 is 0 Å². The number of hydrogen-bond donors (Lipinski definition) is 1. The van der Waals surface area contributed by atoms with E-state index in [1.165, 1.54) is 57.8 Å². The number of hydrogen-bond acceptors (Lipinski definition) is 3. The molecule has 0 aromatic rings. The summed E-state index contributed by atoms with van der Waals surface area (Å²) in [5, 5.41) is 10.2. The van der Waals surface area contributed by atoms with Crippen LogP contribution in [-0.4, -0.2) is 23.8 Å². The van der Waals surface area contributed by atoms with Gasteiger partial charge >= 0.3 is 5.97 Å². The van der Waals surface area contributed by atoms with Crippen LogP contribution in [0, 0.1) is 40.4 Å². The van der Waals surface area contributed by atoms with Crippen molar-refractivity contribution in [3.8, 4) is 0 Å². The lowest BCUT2D eigenvalue weighted by Gasteiger charge is -2.58. The van der Waals surface area contributed by atoms with Gasteiger partial charge in [0.2, 0.25) is 0 Å². The van der Waals surface area contributed by atoms with Crippen molar-refractivity contribution in [1.82, 2.24) is 0 Å². The summed E-state index contributed by atoms with van der Waals surface area (Å²) >= 11 is 0. The molecular formula is C30H50O3. The summed E-state index contributed by atoms with van der Waals surface area (Å²) < 4.78 is 5.51. The second-order valence-electron chi connectivity index (χ2n) is 12.7. The molecule has 0 spiro atoms. The Labute approximate surface area is 203 Å². The third-order valence-corrected chi connectivity index (χ3v) is 10.9. The first-order chi connectivity index (χ1) is 15.8. The minimum absolute atomic E-state index is 0.0131. The highest BCUT2D eigenvalue weighted by atomic mass is 16.5. The van der Waals surface area contributed by atoms with Gasteiger partial charge in [0, 0.05) is 6.42 Å². The van der Waals surface area contributed by atoms with Crippen molar-refractivity contribution in [1.29, 1.82) is 0 Å². The van der Waals surface area contributed by atoms with E-state index in [4.69, 9.17) is 4.74 Å². The Kier molecular flexibility index (Phi) is 7.98. The standard InChI is InChI=1S/C30H50O3/c1-5-6-7-8-19-33-28(32)14-9-21(2)25-12-13-26-24-11-10-22-20-23(31)15-17-29(22,3)27(24)16-18-30(25,26)4/h10,21,23-27,31H,5-9,11-20H2,1-4H3/t21-,23+,24+,25-,26+,27+,29+,30-/m1/s1. The minimum Gasteiger partial charge on any atom is -0.466 e.